The first-order valence-corrected chi connectivity index (χ1v) is 10.6. The quantitative estimate of drug-likeness (QED) is 0.522. The van der Waals surface area contributed by atoms with Gasteiger partial charge in [-0.3, -0.25) is 0 Å². The Balaban J connectivity index is 1.80. The van der Waals surface area contributed by atoms with E-state index in [-0.39, 0.29) is 0 Å². The van der Waals surface area contributed by atoms with Crippen LogP contribution in [-0.2, 0) is 0 Å². The predicted octanol–water partition coefficient (Wildman–Crippen LogP) is 6.27. The Labute approximate surface area is 121 Å². The van der Waals surface area contributed by atoms with Gasteiger partial charge in [-0.2, -0.15) is 0 Å². The molecule has 0 aromatic heterocycles. The molecule has 0 amide bonds. The van der Waals surface area contributed by atoms with Crippen molar-refractivity contribution in [1.29, 1.82) is 0 Å². The molecule has 108 valence electrons. The van der Waals surface area contributed by atoms with E-state index in [1.165, 1.54) is 44.9 Å². The molecular formula is C18H32P+. The van der Waals surface area contributed by atoms with Crippen molar-refractivity contribution >= 4 is 12.8 Å². The number of hydrogen-bond donors (Lipinski definition) is 0. The molecule has 0 aromatic rings. The summed E-state index contributed by atoms with van der Waals surface area (Å²) in [4.78, 5) is 0. The monoisotopic (exact) mass is 279 g/mol. The Hall–Kier alpha value is 0.170. The first-order valence-electron chi connectivity index (χ1n) is 9.08. The summed E-state index contributed by atoms with van der Waals surface area (Å²) in [5.74, 6) is 0. The fourth-order valence-corrected chi connectivity index (χ4v) is 9.06. The molecule has 0 aliphatic heterocycles. The van der Waals surface area contributed by atoms with Crippen LogP contribution in [0, 0.1) is 0 Å². The molecule has 3 aliphatic rings. The minimum atomic E-state index is 0.302. The van der Waals surface area contributed by atoms with Crippen molar-refractivity contribution in [2.24, 2.45) is 0 Å². The Bertz CT molecular complexity index is 278. The van der Waals surface area contributed by atoms with Crippen molar-refractivity contribution in [1.82, 2.24) is 0 Å². The third kappa shape index (κ3) is 3.63. The van der Waals surface area contributed by atoms with Gasteiger partial charge in [0, 0.05) is 12.8 Å². The normalized spacial score (nSPS) is 27.5. The van der Waals surface area contributed by atoms with Crippen LogP contribution in [0.15, 0.2) is 0 Å². The van der Waals surface area contributed by atoms with Gasteiger partial charge in [0.05, 0.1) is 12.8 Å². The minimum absolute atomic E-state index is 0.302. The second-order valence-corrected chi connectivity index (χ2v) is 10.0. The molecule has 0 heterocycles. The van der Waals surface area contributed by atoms with E-state index in [4.69, 9.17) is 0 Å². The molecule has 0 aromatic carbocycles. The summed E-state index contributed by atoms with van der Waals surface area (Å²) in [5, 5.41) is 2.10. The molecule has 0 N–H and O–H groups in total. The molecule has 0 nitrogen and oxygen atoms in total. The average molecular weight is 279 g/mol. The first kappa shape index (κ1) is 14.1. The van der Waals surface area contributed by atoms with Crippen LogP contribution in [0.5, 0.6) is 0 Å². The van der Waals surface area contributed by atoms with Crippen LogP contribution in [0.1, 0.15) is 96.3 Å². The summed E-state index contributed by atoms with van der Waals surface area (Å²) in [5.41, 5.74) is 2.31. The largest absolute Gasteiger partial charge is 0.117 e. The third-order valence-corrected chi connectivity index (χ3v) is 9.52. The van der Waals surface area contributed by atoms with Gasteiger partial charge < -0.3 is 0 Å². The summed E-state index contributed by atoms with van der Waals surface area (Å²) in [6.45, 7) is 0. The summed E-state index contributed by atoms with van der Waals surface area (Å²) >= 11 is 0. The van der Waals surface area contributed by atoms with Crippen molar-refractivity contribution < 1.29 is 0 Å². The number of rotatable bonds is 2. The lowest BCUT2D eigenvalue weighted by Crippen LogP contribution is -2.21. The lowest BCUT2D eigenvalue weighted by Gasteiger charge is -2.27. The highest BCUT2D eigenvalue weighted by molar-refractivity contribution is 7.60. The van der Waals surface area contributed by atoms with Gasteiger partial charge in [0.2, 0.25) is 0 Å². The van der Waals surface area contributed by atoms with Gasteiger partial charge in [0.15, 0.2) is 0 Å². The maximum atomic E-state index is 2.10. The molecule has 1 heteroatoms. The lowest BCUT2D eigenvalue weighted by atomic mass is 9.99. The van der Waals surface area contributed by atoms with Crippen LogP contribution in [0.3, 0.4) is 0 Å². The standard InChI is InChI=1S/C18H32P/c1-4-10-16(11-5-1)19(17-12-6-2-7-13-17)18-14-8-3-9-15-18/h16-17H,1-15H2/q+1. The van der Waals surface area contributed by atoms with Crippen LogP contribution in [0.25, 0.3) is 0 Å². The van der Waals surface area contributed by atoms with E-state index in [0.29, 0.717) is 7.55 Å². The maximum absolute atomic E-state index is 2.10. The van der Waals surface area contributed by atoms with Gasteiger partial charge in [-0.1, -0.05) is 19.3 Å². The molecular weight excluding hydrogens is 247 g/mol. The zero-order valence-corrected chi connectivity index (χ0v) is 13.6. The Kier molecular flexibility index (Phi) is 5.39. The van der Waals surface area contributed by atoms with Gasteiger partial charge in [0.1, 0.15) is 11.3 Å². The highest BCUT2D eigenvalue weighted by Crippen LogP contribution is 2.51. The molecule has 3 fully saturated rings. The molecule has 3 aliphatic carbocycles. The highest BCUT2D eigenvalue weighted by Gasteiger charge is 2.38. The summed E-state index contributed by atoms with van der Waals surface area (Å²) in [6, 6.07) is 0. The molecule has 3 saturated carbocycles. The maximum Gasteiger partial charge on any atom is 0.117 e. The van der Waals surface area contributed by atoms with Crippen molar-refractivity contribution in [2.75, 3.05) is 0 Å². The second kappa shape index (κ2) is 7.26. The van der Waals surface area contributed by atoms with E-state index < -0.39 is 0 Å². The van der Waals surface area contributed by atoms with E-state index in [1.54, 1.807) is 51.4 Å². The number of hydrogen-bond acceptors (Lipinski definition) is 0. The SMILES string of the molecule is C1CCC(=[P+](C2CCCCC2)C2CCCCC2)CC1. The lowest BCUT2D eigenvalue weighted by molar-refractivity contribution is 0.488. The van der Waals surface area contributed by atoms with Crippen LogP contribution >= 0.6 is 7.55 Å². The van der Waals surface area contributed by atoms with Crippen LogP contribution < -0.4 is 0 Å². The molecule has 0 atom stereocenters. The molecule has 0 unspecified atom stereocenters. The zero-order valence-electron chi connectivity index (χ0n) is 12.7. The van der Waals surface area contributed by atoms with E-state index in [1.807, 2.05) is 0 Å². The molecule has 3 rings (SSSR count). The Morgan fingerprint density at radius 1 is 0.526 bits per heavy atom. The molecule has 19 heavy (non-hydrogen) atoms. The topological polar surface area (TPSA) is 0 Å². The van der Waals surface area contributed by atoms with Crippen LogP contribution in [0.4, 0.5) is 0 Å². The third-order valence-electron chi connectivity index (χ3n) is 5.73. The van der Waals surface area contributed by atoms with Crippen molar-refractivity contribution in [3.8, 4) is 0 Å². The smallest absolute Gasteiger partial charge is 0.0530 e. The minimum Gasteiger partial charge on any atom is -0.0530 e. The Morgan fingerprint density at radius 3 is 1.42 bits per heavy atom. The van der Waals surface area contributed by atoms with E-state index in [0.717, 1.165) is 11.3 Å². The average Bonchev–Trinajstić information content (AvgIpc) is 2.51. The van der Waals surface area contributed by atoms with Crippen LogP contribution in [0.2, 0.25) is 0 Å². The van der Waals surface area contributed by atoms with Crippen molar-refractivity contribution in [2.45, 2.75) is 108 Å². The summed E-state index contributed by atoms with van der Waals surface area (Å²) in [7, 11) is 0.302. The summed E-state index contributed by atoms with van der Waals surface area (Å²) in [6.07, 6.45) is 23.2. The molecule has 0 saturated heterocycles. The highest BCUT2D eigenvalue weighted by atomic mass is 31.1. The fraction of sp³-hybridized carbons (Fsp3) is 0.944. The van der Waals surface area contributed by atoms with Gasteiger partial charge in [0.25, 0.3) is 0 Å². The van der Waals surface area contributed by atoms with Crippen LogP contribution in [-0.4, -0.2) is 16.6 Å². The van der Waals surface area contributed by atoms with Gasteiger partial charge >= 0.3 is 0 Å². The van der Waals surface area contributed by atoms with E-state index in [2.05, 4.69) is 5.29 Å². The first-order chi connectivity index (χ1) is 9.45. The molecule has 0 radical (unpaired) electrons. The second-order valence-electron chi connectivity index (χ2n) is 7.12. The van der Waals surface area contributed by atoms with E-state index >= 15 is 0 Å². The van der Waals surface area contributed by atoms with Gasteiger partial charge in [-0.25, -0.2) is 0 Å². The fourth-order valence-electron chi connectivity index (χ4n) is 4.75. The van der Waals surface area contributed by atoms with Crippen molar-refractivity contribution in [3.05, 3.63) is 0 Å². The zero-order chi connectivity index (χ0) is 12.9. The molecule has 0 bridgehead atoms. The van der Waals surface area contributed by atoms with Gasteiger partial charge in [-0.15, -0.1) is 0 Å². The predicted molar refractivity (Wildman–Crippen MR) is 88.8 cm³/mol. The van der Waals surface area contributed by atoms with Gasteiger partial charge in [-0.05, 0) is 64.2 Å². The summed E-state index contributed by atoms with van der Waals surface area (Å²) < 4.78 is 0. The van der Waals surface area contributed by atoms with E-state index in [9.17, 15) is 0 Å². The Morgan fingerprint density at radius 2 is 0.947 bits per heavy atom. The van der Waals surface area contributed by atoms with Crippen molar-refractivity contribution in [3.63, 3.8) is 0 Å². The molecule has 0 spiro atoms.